The average molecular weight is 895 g/mol. The topological polar surface area (TPSA) is 19.6 Å². The molecule has 7 aromatic carbocycles. The van der Waals surface area contributed by atoms with Crippen LogP contribution in [0.1, 0.15) is 104 Å². The average Bonchev–Trinajstić information content (AvgIpc) is 3.97. The molecule has 1 aliphatic carbocycles. The van der Waals surface area contributed by atoms with Crippen LogP contribution in [-0.4, -0.2) is 6.85 Å². The Balaban J connectivity index is 1.21. The highest BCUT2D eigenvalue weighted by molar-refractivity contribution is 7.32. The summed E-state index contributed by atoms with van der Waals surface area (Å²) in [5, 5.41) is 6.22. The number of anilines is 5. The third kappa shape index (κ3) is 5.67. The van der Waals surface area contributed by atoms with E-state index in [-0.39, 0.29) is 28.5 Å². The maximum Gasteiger partial charge on any atom is 0.343 e. The number of nitrogens with zero attached hydrogens (tertiary/aromatic N) is 2. The first-order valence-corrected chi connectivity index (χ1v) is 25.5. The van der Waals surface area contributed by atoms with Gasteiger partial charge in [0.2, 0.25) is 0 Å². The molecule has 0 spiro atoms. The highest BCUT2D eigenvalue weighted by Crippen LogP contribution is 2.56. The van der Waals surface area contributed by atoms with Gasteiger partial charge in [0.05, 0.1) is 5.69 Å². The summed E-state index contributed by atoms with van der Waals surface area (Å²) in [4.78, 5) is 5.38. The fourth-order valence-electron chi connectivity index (χ4n) is 11.8. The summed E-state index contributed by atoms with van der Waals surface area (Å²) in [6.07, 6.45) is 2.34. The van der Waals surface area contributed by atoms with Crippen molar-refractivity contribution in [2.75, 3.05) is 9.71 Å². The Bertz CT molecular complexity index is 3700. The molecule has 0 saturated carbocycles. The zero-order valence-corrected chi connectivity index (χ0v) is 41.4. The fourth-order valence-corrected chi connectivity index (χ4v) is 14.2. The minimum atomic E-state index is -0.123. The van der Waals surface area contributed by atoms with E-state index in [0.717, 1.165) is 28.4 Å². The van der Waals surface area contributed by atoms with Crippen LogP contribution in [-0.2, 0) is 21.7 Å². The van der Waals surface area contributed by atoms with Crippen molar-refractivity contribution in [1.29, 1.82) is 0 Å². The second-order valence-corrected chi connectivity index (χ2v) is 25.0. The van der Waals surface area contributed by atoms with Crippen molar-refractivity contribution < 1.29 is 4.42 Å². The minimum Gasteiger partial charge on any atom is -0.455 e. The molecule has 66 heavy (non-hydrogen) atoms. The number of furan rings is 1. The molecule has 0 amide bonds. The van der Waals surface area contributed by atoms with E-state index in [1.165, 1.54) is 109 Å². The predicted molar refractivity (Wildman–Crippen MR) is 288 cm³/mol. The molecule has 326 valence electrons. The molecule has 2 aliphatic heterocycles. The van der Waals surface area contributed by atoms with E-state index in [4.69, 9.17) is 4.42 Å². The molecule has 3 nitrogen and oxygen atoms in total. The second kappa shape index (κ2) is 13.4. The summed E-state index contributed by atoms with van der Waals surface area (Å²) in [6.45, 7) is 23.6. The molecular formula is C60H55BN2OS2. The molecule has 0 radical (unpaired) electrons. The lowest BCUT2D eigenvalue weighted by molar-refractivity contribution is 0.332. The summed E-state index contributed by atoms with van der Waals surface area (Å²) in [5.74, 6) is 0. The molecule has 0 saturated heterocycles. The van der Waals surface area contributed by atoms with Crippen molar-refractivity contribution in [2.45, 2.75) is 104 Å². The van der Waals surface area contributed by atoms with Gasteiger partial charge in [-0.25, -0.2) is 0 Å². The van der Waals surface area contributed by atoms with Crippen LogP contribution in [0.5, 0.6) is 0 Å². The lowest BCUT2D eigenvalue weighted by Crippen LogP contribution is -2.60. The first-order valence-electron chi connectivity index (χ1n) is 23.8. The van der Waals surface area contributed by atoms with E-state index in [1.807, 2.05) is 22.7 Å². The highest BCUT2D eigenvalue weighted by atomic mass is 32.1. The van der Waals surface area contributed by atoms with Crippen molar-refractivity contribution in [2.24, 2.45) is 0 Å². The highest BCUT2D eigenvalue weighted by Gasteiger charge is 2.49. The summed E-state index contributed by atoms with van der Waals surface area (Å²) < 4.78 is 12.5. The SMILES string of the molecule is CC(C)(C)c1ccc(N2B3c4sc5ccc(C(C)(C)C)cc5c4N(c4ccc5c(c4)C(C)(C)CCC5(C)C)c4cc5c(oc6ccccc65)c(c43)-c3cc4c(cc32)sc2ccccc24)cc1. The Morgan fingerprint density at radius 2 is 1.21 bits per heavy atom. The van der Waals surface area contributed by atoms with Crippen molar-refractivity contribution in [3.63, 3.8) is 0 Å². The Kier molecular flexibility index (Phi) is 8.23. The van der Waals surface area contributed by atoms with Crippen LogP contribution in [0.25, 0.3) is 63.3 Å². The normalized spacial score (nSPS) is 16.4. The number of thiophene rings is 2. The molecular weight excluding hydrogens is 840 g/mol. The van der Waals surface area contributed by atoms with Gasteiger partial charge in [-0.2, -0.15) is 0 Å². The van der Waals surface area contributed by atoms with E-state index in [9.17, 15) is 0 Å². The van der Waals surface area contributed by atoms with Crippen molar-refractivity contribution in [3.8, 4) is 11.1 Å². The van der Waals surface area contributed by atoms with Crippen LogP contribution in [0.4, 0.5) is 28.4 Å². The molecule has 0 atom stereocenters. The third-order valence-electron chi connectivity index (χ3n) is 15.6. The van der Waals surface area contributed by atoms with E-state index >= 15 is 0 Å². The molecule has 0 fully saturated rings. The molecule has 0 bridgehead atoms. The van der Waals surface area contributed by atoms with Crippen LogP contribution in [0, 0.1) is 0 Å². The Morgan fingerprint density at radius 1 is 0.545 bits per heavy atom. The monoisotopic (exact) mass is 894 g/mol. The van der Waals surface area contributed by atoms with Gasteiger partial charge >= 0.3 is 6.85 Å². The Hall–Kier alpha value is -5.82. The second-order valence-electron chi connectivity index (χ2n) is 22.8. The van der Waals surface area contributed by atoms with Crippen LogP contribution < -0.4 is 20.0 Å². The van der Waals surface area contributed by atoms with Crippen LogP contribution >= 0.6 is 22.7 Å². The number of hydrogen-bond acceptors (Lipinski definition) is 5. The standard InChI is InChI=1S/C60H55BN2OS2/c1-57(2,3)34-19-22-36(23-20-34)63-46-33-51-40(39-16-12-14-18-49(39)65-51)31-42(46)52-53-47(32-41-38-15-11-13-17-48(38)64-55(41)52)62(37-24-25-44-45(30-37)60(9,10)28-27-59(44,7)8)54-43-29-35(58(4,5)6)21-26-50(43)66-56(54)61(53)63/h11-26,29-33H,27-28H2,1-10H3. The molecule has 0 N–H and O–H groups in total. The van der Waals surface area contributed by atoms with Crippen molar-refractivity contribution >= 4 is 120 Å². The molecule has 3 aromatic heterocycles. The number of benzene rings is 7. The number of hydrogen-bond donors (Lipinski definition) is 0. The van der Waals surface area contributed by atoms with Crippen molar-refractivity contribution in [3.05, 3.63) is 150 Å². The van der Waals surface area contributed by atoms with Gasteiger partial charge in [-0.1, -0.05) is 130 Å². The van der Waals surface area contributed by atoms with Crippen molar-refractivity contribution in [1.82, 2.24) is 0 Å². The summed E-state index contributed by atoms with van der Waals surface area (Å²) in [7, 11) is 0. The molecule has 6 heteroatoms. The first kappa shape index (κ1) is 40.5. The molecule has 3 aliphatic rings. The number of para-hydroxylation sites is 1. The van der Waals surface area contributed by atoms with E-state index in [1.54, 1.807) is 0 Å². The number of rotatable bonds is 2. The molecule has 5 heterocycles. The van der Waals surface area contributed by atoms with Gasteiger partial charge in [-0.3, -0.25) is 0 Å². The van der Waals surface area contributed by atoms with Crippen LogP contribution in [0.2, 0.25) is 0 Å². The molecule has 0 unspecified atom stereocenters. The minimum absolute atomic E-state index is 0.0167. The van der Waals surface area contributed by atoms with E-state index < -0.39 is 0 Å². The van der Waals surface area contributed by atoms with Gasteiger partial charge in [0.25, 0.3) is 0 Å². The van der Waals surface area contributed by atoms with Gasteiger partial charge in [0.1, 0.15) is 11.2 Å². The largest absolute Gasteiger partial charge is 0.455 e. The zero-order chi connectivity index (χ0) is 45.4. The Labute approximate surface area is 396 Å². The van der Waals surface area contributed by atoms with Gasteiger partial charge in [0, 0.05) is 79.7 Å². The summed E-state index contributed by atoms with van der Waals surface area (Å²) in [5.41, 5.74) is 17.6. The Morgan fingerprint density at radius 3 is 1.97 bits per heavy atom. The first-order chi connectivity index (χ1) is 31.5. The maximum absolute atomic E-state index is 7.19. The van der Waals surface area contributed by atoms with Gasteiger partial charge in [0.15, 0.2) is 0 Å². The van der Waals surface area contributed by atoms with E-state index in [2.05, 4.69) is 206 Å². The quantitative estimate of drug-likeness (QED) is 0.161. The van der Waals surface area contributed by atoms with Gasteiger partial charge < -0.3 is 14.1 Å². The van der Waals surface area contributed by atoms with E-state index in [0.29, 0.717) is 0 Å². The van der Waals surface area contributed by atoms with Gasteiger partial charge in [-0.15, -0.1) is 22.7 Å². The predicted octanol–water partition coefficient (Wildman–Crippen LogP) is 16.8. The lowest BCUT2D eigenvalue weighted by Gasteiger charge is -2.45. The zero-order valence-electron chi connectivity index (χ0n) is 39.7. The maximum atomic E-state index is 7.19. The summed E-state index contributed by atoms with van der Waals surface area (Å²) >= 11 is 3.87. The summed E-state index contributed by atoms with van der Waals surface area (Å²) in [6, 6.07) is 49.3. The van der Waals surface area contributed by atoms with Gasteiger partial charge in [-0.05, 0) is 129 Å². The van der Waals surface area contributed by atoms with Crippen LogP contribution in [0.15, 0.2) is 132 Å². The molecule has 13 rings (SSSR count). The lowest BCUT2D eigenvalue weighted by atomic mass is 9.46. The fraction of sp³-hybridized carbons (Fsp3) is 0.267. The smallest absolute Gasteiger partial charge is 0.343 e. The van der Waals surface area contributed by atoms with Crippen LogP contribution in [0.3, 0.4) is 0 Å². The number of fused-ring (bicyclic) bond motifs is 14. The third-order valence-corrected chi connectivity index (χ3v) is 18.0. The molecule has 10 aromatic rings.